The van der Waals surface area contributed by atoms with Gasteiger partial charge in [-0.05, 0) is 12.1 Å². The first-order valence-electron chi connectivity index (χ1n) is 5.92. The Morgan fingerprint density at radius 2 is 2.00 bits per heavy atom. The number of benzene rings is 2. The van der Waals surface area contributed by atoms with Crippen LogP contribution in [0.5, 0.6) is 5.75 Å². The Balaban J connectivity index is 2.21. The lowest BCUT2D eigenvalue weighted by atomic mass is 10.2. The first-order chi connectivity index (χ1) is 8.86. The predicted octanol–water partition coefficient (Wildman–Crippen LogP) is 3.58. The summed E-state index contributed by atoms with van der Waals surface area (Å²) in [6.07, 6.45) is 2.16. The predicted molar refractivity (Wildman–Crippen MR) is 73.3 cm³/mol. The number of aromatic amines is 1. The number of aromatic nitrogens is 2. The topological polar surface area (TPSA) is 29.4 Å². The van der Waals surface area contributed by atoms with Crippen molar-refractivity contribution >= 4 is 27.5 Å². The van der Waals surface area contributed by atoms with Gasteiger partial charge in [0, 0.05) is 23.0 Å². The highest BCUT2D eigenvalue weighted by atomic mass is 16.5. The Hall–Kier alpha value is -2.42. The number of nitrogens with one attached hydrogen (secondary N) is 1. The third-order valence-electron chi connectivity index (χ3n) is 3.44. The highest BCUT2D eigenvalue weighted by Crippen LogP contribution is 2.28. The fourth-order valence-electron chi connectivity index (χ4n) is 2.55. The van der Waals surface area contributed by atoms with Gasteiger partial charge in [0.05, 0.1) is 18.1 Å². The SMILES string of the molecule is COc1ccc2[nH]c3c4ccccc4cn3c2c1. The molecule has 3 nitrogen and oxygen atoms in total. The molecule has 0 saturated heterocycles. The van der Waals surface area contributed by atoms with Crippen molar-refractivity contribution in [3.63, 3.8) is 0 Å². The van der Waals surface area contributed by atoms with Crippen molar-refractivity contribution in [3.05, 3.63) is 48.7 Å². The van der Waals surface area contributed by atoms with Gasteiger partial charge in [-0.15, -0.1) is 0 Å². The molecule has 2 heterocycles. The van der Waals surface area contributed by atoms with Crippen molar-refractivity contribution in [1.29, 1.82) is 0 Å². The molecule has 0 bridgehead atoms. The lowest BCUT2D eigenvalue weighted by Gasteiger charge is -1.98. The van der Waals surface area contributed by atoms with Crippen LogP contribution >= 0.6 is 0 Å². The van der Waals surface area contributed by atoms with E-state index in [-0.39, 0.29) is 0 Å². The maximum absolute atomic E-state index is 5.29. The molecule has 18 heavy (non-hydrogen) atoms. The molecular weight excluding hydrogens is 224 g/mol. The molecule has 1 N–H and O–H groups in total. The zero-order valence-corrected chi connectivity index (χ0v) is 9.97. The molecule has 2 aromatic carbocycles. The minimum Gasteiger partial charge on any atom is -0.497 e. The molecule has 0 aliphatic carbocycles. The van der Waals surface area contributed by atoms with Crippen molar-refractivity contribution < 1.29 is 4.74 Å². The van der Waals surface area contributed by atoms with Crippen molar-refractivity contribution in [2.24, 2.45) is 0 Å². The molecule has 0 fully saturated rings. The number of methoxy groups -OCH3 is 1. The summed E-state index contributed by atoms with van der Waals surface area (Å²) in [5.74, 6) is 0.876. The molecule has 0 amide bonds. The molecule has 0 saturated carbocycles. The van der Waals surface area contributed by atoms with Crippen LogP contribution in [0.4, 0.5) is 0 Å². The normalized spacial score (nSPS) is 11.6. The van der Waals surface area contributed by atoms with Gasteiger partial charge in [-0.25, -0.2) is 0 Å². The minimum absolute atomic E-state index is 0.876. The van der Waals surface area contributed by atoms with E-state index in [1.807, 2.05) is 6.07 Å². The number of hydrogen-bond acceptors (Lipinski definition) is 1. The highest BCUT2D eigenvalue weighted by Gasteiger charge is 2.08. The van der Waals surface area contributed by atoms with E-state index in [0.29, 0.717) is 0 Å². The quantitative estimate of drug-likeness (QED) is 0.537. The number of nitrogens with zero attached hydrogens (tertiary/aromatic N) is 1. The molecule has 2 aromatic heterocycles. The molecule has 0 aliphatic rings. The summed E-state index contributed by atoms with van der Waals surface area (Å²) in [5.41, 5.74) is 3.39. The largest absolute Gasteiger partial charge is 0.497 e. The Kier molecular flexibility index (Phi) is 1.75. The van der Waals surface area contributed by atoms with E-state index in [0.717, 1.165) is 22.4 Å². The number of rotatable bonds is 1. The molecule has 0 aliphatic heterocycles. The van der Waals surface area contributed by atoms with Crippen LogP contribution in [0.1, 0.15) is 0 Å². The molecule has 4 aromatic rings. The Labute approximate surface area is 104 Å². The zero-order chi connectivity index (χ0) is 12.1. The maximum atomic E-state index is 5.29. The van der Waals surface area contributed by atoms with Crippen LogP contribution < -0.4 is 4.74 Å². The molecule has 0 atom stereocenters. The van der Waals surface area contributed by atoms with Gasteiger partial charge in [0.1, 0.15) is 11.4 Å². The second kappa shape index (κ2) is 3.29. The molecule has 0 radical (unpaired) electrons. The first kappa shape index (κ1) is 9.59. The van der Waals surface area contributed by atoms with Gasteiger partial charge in [0.15, 0.2) is 0 Å². The average Bonchev–Trinajstić information content (AvgIpc) is 2.94. The van der Waals surface area contributed by atoms with Crippen molar-refractivity contribution in [2.75, 3.05) is 7.11 Å². The smallest absolute Gasteiger partial charge is 0.123 e. The highest BCUT2D eigenvalue weighted by molar-refractivity contribution is 6.00. The van der Waals surface area contributed by atoms with Crippen LogP contribution in [0.3, 0.4) is 0 Å². The number of imidazole rings is 1. The summed E-state index contributed by atoms with van der Waals surface area (Å²) >= 11 is 0. The lowest BCUT2D eigenvalue weighted by Crippen LogP contribution is -1.83. The Morgan fingerprint density at radius 1 is 1.11 bits per heavy atom. The van der Waals surface area contributed by atoms with Crippen molar-refractivity contribution in [3.8, 4) is 5.75 Å². The van der Waals surface area contributed by atoms with Gasteiger partial charge >= 0.3 is 0 Å². The minimum atomic E-state index is 0.876. The number of fused-ring (bicyclic) bond motifs is 5. The monoisotopic (exact) mass is 236 g/mol. The van der Waals surface area contributed by atoms with E-state index in [1.165, 1.54) is 10.8 Å². The summed E-state index contributed by atoms with van der Waals surface area (Å²) in [7, 11) is 1.69. The molecule has 88 valence electrons. The molecule has 4 rings (SSSR count). The number of ether oxygens (including phenoxy) is 1. The van der Waals surface area contributed by atoms with Gasteiger partial charge in [-0.1, -0.05) is 24.3 Å². The van der Waals surface area contributed by atoms with Gasteiger partial charge in [-0.3, -0.25) is 0 Å². The van der Waals surface area contributed by atoms with E-state index >= 15 is 0 Å². The van der Waals surface area contributed by atoms with Crippen LogP contribution in [0.25, 0.3) is 27.5 Å². The van der Waals surface area contributed by atoms with Crippen LogP contribution in [-0.4, -0.2) is 16.5 Å². The van der Waals surface area contributed by atoms with E-state index in [4.69, 9.17) is 4.74 Å². The van der Waals surface area contributed by atoms with Crippen molar-refractivity contribution in [2.45, 2.75) is 0 Å². The summed E-state index contributed by atoms with van der Waals surface area (Å²) in [4.78, 5) is 3.46. The van der Waals surface area contributed by atoms with Crippen LogP contribution in [0.2, 0.25) is 0 Å². The van der Waals surface area contributed by atoms with E-state index in [1.54, 1.807) is 7.11 Å². The molecule has 0 spiro atoms. The van der Waals surface area contributed by atoms with E-state index in [2.05, 4.69) is 52.0 Å². The standard InChI is InChI=1S/C15H12N2O/c1-18-11-6-7-13-14(8-11)17-9-10-4-2-3-5-12(10)15(17)16-13/h2-9,16H,1H3. The maximum Gasteiger partial charge on any atom is 0.123 e. The van der Waals surface area contributed by atoms with Gasteiger partial charge in [0.25, 0.3) is 0 Å². The lowest BCUT2D eigenvalue weighted by molar-refractivity contribution is 0.415. The van der Waals surface area contributed by atoms with E-state index < -0.39 is 0 Å². The molecular formula is C15H12N2O. The third kappa shape index (κ3) is 1.13. The summed E-state index contributed by atoms with van der Waals surface area (Å²) in [6.45, 7) is 0. The summed E-state index contributed by atoms with van der Waals surface area (Å²) < 4.78 is 7.47. The van der Waals surface area contributed by atoms with E-state index in [9.17, 15) is 0 Å². The first-order valence-corrected chi connectivity index (χ1v) is 5.92. The second-order valence-corrected chi connectivity index (χ2v) is 4.44. The number of hydrogen-bond donors (Lipinski definition) is 1. The zero-order valence-electron chi connectivity index (χ0n) is 9.97. The van der Waals surface area contributed by atoms with Crippen LogP contribution in [0.15, 0.2) is 48.7 Å². The van der Waals surface area contributed by atoms with Gasteiger partial charge in [0.2, 0.25) is 0 Å². The second-order valence-electron chi connectivity index (χ2n) is 4.44. The van der Waals surface area contributed by atoms with Gasteiger partial charge < -0.3 is 14.1 Å². The van der Waals surface area contributed by atoms with Gasteiger partial charge in [-0.2, -0.15) is 0 Å². The summed E-state index contributed by atoms with van der Waals surface area (Å²) in [5, 5.41) is 2.49. The number of H-pyrrole nitrogens is 1. The third-order valence-corrected chi connectivity index (χ3v) is 3.44. The summed E-state index contributed by atoms with van der Waals surface area (Å²) in [6, 6.07) is 14.5. The van der Waals surface area contributed by atoms with Crippen molar-refractivity contribution in [1.82, 2.24) is 9.38 Å². The Morgan fingerprint density at radius 3 is 2.89 bits per heavy atom. The van der Waals surface area contributed by atoms with Crippen LogP contribution in [0, 0.1) is 0 Å². The molecule has 3 heteroatoms. The molecule has 0 unspecified atom stereocenters. The Bertz CT molecular complexity index is 870. The fourth-order valence-corrected chi connectivity index (χ4v) is 2.55. The average molecular weight is 236 g/mol. The fraction of sp³-hybridized carbons (Fsp3) is 0.0667. The van der Waals surface area contributed by atoms with Crippen LogP contribution in [-0.2, 0) is 0 Å².